The molecule has 0 fully saturated rings. The molecule has 142 valence electrons. The van der Waals surface area contributed by atoms with Gasteiger partial charge in [-0.05, 0) is 30.7 Å². The van der Waals surface area contributed by atoms with Crippen LogP contribution >= 0.6 is 0 Å². The maximum atomic E-state index is 13.5. The normalized spacial score (nSPS) is 11.1. The molecule has 2 heterocycles. The Morgan fingerprint density at radius 1 is 1.19 bits per heavy atom. The van der Waals surface area contributed by atoms with Gasteiger partial charge in [0.05, 0.1) is 6.54 Å². The Balaban J connectivity index is 2.10. The van der Waals surface area contributed by atoms with Gasteiger partial charge < -0.3 is 11.1 Å². The maximum Gasteiger partial charge on any atom is 0.332 e. The Kier molecular flexibility index (Phi) is 5.21. The van der Waals surface area contributed by atoms with Crippen LogP contribution in [-0.2, 0) is 13.6 Å². The van der Waals surface area contributed by atoms with E-state index in [1.165, 1.54) is 13.1 Å². The number of nitrogens with one attached hydrogen (secondary N) is 1. The summed E-state index contributed by atoms with van der Waals surface area (Å²) in [5.41, 5.74) is 4.33. The topological polar surface area (TPSA) is 121 Å². The van der Waals surface area contributed by atoms with Crippen LogP contribution in [0.5, 0.6) is 0 Å². The van der Waals surface area contributed by atoms with Gasteiger partial charge in [0.25, 0.3) is 5.56 Å². The number of aromatic nitrogens is 5. The summed E-state index contributed by atoms with van der Waals surface area (Å²) in [6, 6.07) is 3.27. The van der Waals surface area contributed by atoms with Gasteiger partial charge in [-0.1, -0.05) is 6.07 Å². The van der Waals surface area contributed by atoms with E-state index in [0.29, 0.717) is 25.1 Å². The van der Waals surface area contributed by atoms with Gasteiger partial charge in [0, 0.05) is 13.6 Å². The highest BCUT2D eigenvalue weighted by molar-refractivity contribution is 5.69. The van der Waals surface area contributed by atoms with Gasteiger partial charge in [0.2, 0.25) is 5.95 Å². The molecule has 0 aliphatic carbocycles. The summed E-state index contributed by atoms with van der Waals surface area (Å²) in [5.74, 6) is -1.90. The zero-order chi connectivity index (χ0) is 19.6. The fourth-order valence-corrected chi connectivity index (χ4v) is 2.50. The third-order valence-electron chi connectivity index (χ3n) is 3.94. The molecule has 0 amide bonds. The van der Waals surface area contributed by atoms with E-state index in [2.05, 4.69) is 20.5 Å². The van der Waals surface area contributed by atoms with Crippen LogP contribution in [-0.4, -0.2) is 37.4 Å². The molecule has 3 rings (SSSR count). The second-order valence-electron chi connectivity index (χ2n) is 5.86. The van der Waals surface area contributed by atoms with Crippen molar-refractivity contribution in [2.75, 3.05) is 18.4 Å². The molecule has 0 saturated carbocycles. The first-order valence-corrected chi connectivity index (χ1v) is 8.14. The first-order chi connectivity index (χ1) is 12.9. The third-order valence-corrected chi connectivity index (χ3v) is 3.94. The molecule has 0 spiro atoms. The molecule has 0 saturated heterocycles. The van der Waals surface area contributed by atoms with Gasteiger partial charge in [-0.2, -0.15) is 0 Å². The minimum absolute atomic E-state index is 0.0443. The summed E-state index contributed by atoms with van der Waals surface area (Å²) in [6.45, 7) is 0.846. The van der Waals surface area contributed by atoms with E-state index in [1.807, 2.05) is 0 Å². The summed E-state index contributed by atoms with van der Waals surface area (Å²) >= 11 is 0. The van der Waals surface area contributed by atoms with E-state index in [-0.39, 0.29) is 23.7 Å². The number of nitrogens with zero attached hydrogens (tertiary/aromatic N) is 5. The lowest BCUT2D eigenvalue weighted by Crippen LogP contribution is -2.39. The molecule has 0 radical (unpaired) electrons. The molecular formula is C16H17F2N7O2. The van der Waals surface area contributed by atoms with Gasteiger partial charge in [-0.15, -0.1) is 10.2 Å². The number of hydrogen-bond donors (Lipinski definition) is 2. The van der Waals surface area contributed by atoms with Gasteiger partial charge in [-0.3, -0.25) is 13.9 Å². The van der Waals surface area contributed by atoms with E-state index in [9.17, 15) is 18.4 Å². The second-order valence-corrected chi connectivity index (χ2v) is 5.86. The lowest BCUT2D eigenvalue weighted by Gasteiger charge is -2.11. The van der Waals surface area contributed by atoms with E-state index in [1.54, 1.807) is 0 Å². The number of anilines is 1. The number of nitrogens with two attached hydrogens (primary N) is 1. The molecule has 27 heavy (non-hydrogen) atoms. The highest BCUT2D eigenvalue weighted by Crippen LogP contribution is 2.11. The Morgan fingerprint density at radius 2 is 1.96 bits per heavy atom. The molecule has 0 aliphatic heterocycles. The largest absolute Gasteiger partial charge is 0.353 e. The van der Waals surface area contributed by atoms with E-state index in [0.717, 1.165) is 21.3 Å². The van der Waals surface area contributed by atoms with Crippen molar-refractivity contribution in [3.63, 3.8) is 0 Å². The lowest BCUT2D eigenvalue weighted by atomic mass is 10.2. The zero-order valence-corrected chi connectivity index (χ0v) is 14.4. The number of hydrogen-bond acceptors (Lipinski definition) is 7. The summed E-state index contributed by atoms with van der Waals surface area (Å²) in [6.07, 6.45) is 0.676. The van der Waals surface area contributed by atoms with Crippen LogP contribution in [0.4, 0.5) is 14.7 Å². The lowest BCUT2D eigenvalue weighted by molar-refractivity contribution is 0.506. The van der Waals surface area contributed by atoms with Crippen molar-refractivity contribution >= 4 is 17.1 Å². The fourth-order valence-electron chi connectivity index (χ4n) is 2.50. The van der Waals surface area contributed by atoms with Crippen molar-refractivity contribution in [2.24, 2.45) is 12.8 Å². The van der Waals surface area contributed by atoms with Gasteiger partial charge in [0.1, 0.15) is 0 Å². The number of benzene rings is 1. The number of halogens is 2. The predicted molar refractivity (Wildman–Crippen MR) is 94.5 cm³/mol. The second kappa shape index (κ2) is 7.58. The van der Waals surface area contributed by atoms with E-state index >= 15 is 0 Å². The first-order valence-electron chi connectivity index (χ1n) is 8.14. The Bertz CT molecular complexity index is 1110. The minimum Gasteiger partial charge on any atom is -0.353 e. The molecule has 3 N–H and O–H groups in total. The van der Waals surface area contributed by atoms with Crippen LogP contribution in [0.1, 0.15) is 12.0 Å². The van der Waals surface area contributed by atoms with Crippen molar-refractivity contribution in [1.82, 2.24) is 24.3 Å². The number of rotatable bonds is 6. The van der Waals surface area contributed by atoms with Gasteiger partial charge >= 0.3 is 5.69 Å². The van der Waals surface area contributed by atoms with Gasteiger partial charge in [-0.25, -0.2) is 18.6 Å². The standard InChI is InChI=1S/C16H17F2N7O2/c1-24-14(26)12-13(22-23-15(21-12)20-6-2-5-19)25(16(24)27)8-9-3-4-10(17)11(18)7-9/h3-4,7H,2,5-6,8,19H2,1H3,(H,20,21,23). The summed E-state index contributed by atoms with van der Waals surface area (Å²) in [5, 5.41) is 10.7. The highest BCUT2D eigenvalue weighted by Gasteiger charge is 2.16. The molecule has 0 aliphatic rings. The van der Waals surface area contributed by atoms with Crippen LogP contribution in [0.25, 0.3) is 11.2 Å². The molecule has 0 bridgehead atoms. The average molecular weight is 377 g/mol. The maximum absolute atomic E-state index is 13.5. The third kappa shape index (κ3) is 3.67. The molecule has 0 unspecified atom stereocenters. The molecule has 9 nitrogen and oxygen atoms in total. The van der Waals surface area contributed by atoms with E-state index < -0.39 is 22.9 Å². The molecular weight excluding hydrogens is 360 g/mol. The van der Waals surface area contributed by atoms with Crippen LogP contribution in [0.3, 0.4) is 0 Å². The SMILES string of the molecule is Cn1c(=O)c2nc(NCCCN)nnc2n(Cc2ccc(F)c(F)c2)c1=O. The number of fused-ring (bicyclic) bond motifs is 1. The fraction of sp³-hybridized carbons (Fsp3) is 0.312. The monoisotopic (exact) mass is 377 g/mol. The minimum atomic E-state index is -1.04. The Morgan fingerprint density at radius 3 is 2.67 bits per heavy atom. The summed E-state index contributed by atoms with van der Waals surface area (Å²) < 4.78 is 28.6. The molecule has 2 aromatic heterocycles. The molecule has 1 aromatic carbocycles. The van der Waals surface area contributed by atoms with Crippen LogP contribution in [0.2, 0.25) is 0 Å². The quantitative estimate of drug-likeness (QED) is 0.579. The zero-order valence-electron chi connectivity index (χ0n) is 14.4. The Labute approximate surface area is 151 Å². The van der Waals surface area contributed by atoms with Crippen molar-refractivity contribution in [1.29, 1.82) is 0 Å². The average Bonchev–Trinajstić information content (AvgIpc) is 2.66. The van der Waals surface area contributed by atoms with E-state index in [4.69, 9.17) is 5.73 Å². The predicted octanol–water partition coefficient (Wildman–Crippen LogP) is -0.0276. The van der Waals surface area contributed by atoms with Crippen molar-refractivity contribution in [3.05, 3.63) is 56.2 Å². The highest BCUT2D eigenvalue weighted by atomic mass is 19.2. The molecule has 0 atom stereocenters. The van der Waals surface area contributed by atoms with Crippen molar-refractivity contribution in [3.8, 4) is 0 Å². The summed E-state index contributed by atoms with van der Waals surface area (Å²) in [4.78, 5) is 29.0. The summed E-state index contributed by atoms with van der Waals surface area (Å²) in [7, 11) is 1.30. The van der Waals surface area contributed by atoms with Crippen molar-refractivity contribution in [2.45, 2.75) is 13.0 Å². The molecule has 3 aromatic rings. The van der Waals surface area contributed by atoms with Crippen LogP contribution in [0.15, 0.2) is 27.8 Å². The van der Waals surface area contributed by atoms with Crippen LogP contribution < -0.4 is 22.3 Å². The molecule has 11 heteroatoms. The van der Waals surface area contributed by atoms with Crippen LogP contribution in [0, 0.1) is 11.6 Å². The smallest absolute Gasteiger partial charge is 0.332 e. The Hall–Kier alpha value is -3.21. The first kappa shape index (κ1) is 18.6. The van der Waals surface area contributed by atoms with Crippen molar-refractivity contribution < 1.29 is 8.78 Å². The van der Waals surface area contributed by atoms with Gasteiger partial charge in [0.15, 0.2) is 22.8 Å².